The van der Waals surface area contributed by atoms with Crippen molar-refractivity contribution in [2.75, 3.05) is 7.11 Å². The van der Waals surface area contributed by atoms with Crippen molar-refractivity contribution in [2.45, 2.75) is 6.61 Å². The molecule has 4 nitrogen and oxygen atoms in total. The summed E-state index contributed by atoms with van der Waals surface area (Å²) >= 11 is 0. The Kier molecular flexibility index (Phi) is 4.74. The third kappa shape index (κ3) is 3.59. The molecule has 0 fully saturated rings. The van der Waals surface area contributed by atoms with E-state index in [4.69, 9.17) is 14.8 Å². The van der Waals surface area contributed by atoms with Gasteiger partial charge in [-0.15, -0.1) is 0 Å². The van der Waals surface area contributed by atoms with Gasteiger partial charge in [-0.2, -0.15) is 5.26 Å². The van der Waals surface area contributed by atoms with E-state index in [0.29, 0.717) is 11.3 Å². The van der Waals surface area contributed by atoms with Crippen LogP contribution in [0.3, 0.4) is 0 Å². The lowest BCUT2D eigenvalue weighted by atomic mass is 10.1. The van der Waals surface area contributed by atoms with Crippen LogP contribution in [0.5, 0.6) is 5.75 Å². The molecule has 0 bridgehead atoms. The summed E-state index contributed by atoms with van der Waals surface area (Å²) in [6.45, 7) is 0.289. The Morgan fingerprint density at radius 1 is 1.15 bits per heavy atom. The Labute approximate surface area is 117 Å². The zero-order chi connectivity index (χ0) is 14.2. The predicted octanol–water partition coefficient (Wildman–Crippen LogP) is 2.99. The van der Waals surface area contributed by atoms with Gasteiger partial charge in [0.05, 0.1) is 18.7 Å². The fourth-order valence-corrected chi connectivity index (χ4v) is 1.66. The van der Waals surface area contributed by atoms with Crippen LogP contribution in [0.25, 0.3) is 0 Å². The number of methoxy groups -OCH3 is 1. The molecular weight excluding hydrogens is 252 g/mol. The van der Waals surface area contributed by atoms with E-state index < -0.39 is 0 Å². The average Bonchev–Trinajstić information content (AvgIpc) is 2.52. The van der Waals surface area contributed by atoms with Crippen molar-refractivity contribution in [2.24, 2.45) is 5.16 Å². The van der Waals surface area contributed by atoms with Crippen LogP contribution in [0, 0.1) is 11.3 Å². The highest BCUT2D eigenvalue weighted by atomic mass is 16.6. The second-order valence-corrected chi connectivity index (χ2v) is 3.99. The van der Waals surface area contributed by atoms with E-state index in [-0.39, 0.29) is 6.61 Å². The SMILES string of the molecule is COc1ccccc1/[C]=N\OCc1cccc(C#N)c1. The van der Waals surface area contributed by atoms with Gasteiger partial charge in [0.2, 0.25) is 0 Å². The molecule has 0 spiro atoms. The summed E-state index contributed by atoms with van der Waals surface area (Å²) < 4.78 is 5.18. The molecule has 0 unspecified atom stereocenters. The van der Waals surface area contributed by atoms with Gasteiger partial charge in [0.15, 0.2) is 0 Å². The first-order chi connectivity index (χ1) is 9.83. The summed E-state index contributed by atoms with van der Waals surface area (Å²) in [6.07, 6.45) is 2.78. The largest absolute Gasteiger partial charge is 0.496 e. The second-order valence-electron chi connectivity index (χ2n) is 3.99. The minimum Gasteiger partial charge on any atom is -0.496 e. The molecule has 0 heterocycles. The Morgan fingerprint density at radius 3 is 2.80 bits per heavy atom. The van der Waals surface area contributed by atoms with Gasteiger partial charge in [-0.05, 0) is 29.8 Å². The minimum atomic E-state index is 0.289. The van der Waals surface area contributed by atoms with Crippen LogP contribution < -0.4 is 4.74 Å². The van der Waals surface area contributed by atoms with E-state index in [1.165, 1.54) is 0 Å². The number of para-hydroxylation sites is 1. The summed E-state index contributed by atoms with van der Waals surface area (Å²) in [7, 11) is 1.59. The Balaban J connectivity index is 1.95. The van der Waals surface area contributed by atoms with Crippen LogP contribution in [0.2, 0.25) is 0 Å². The van der Waals surface area contributed by atoms with E-state index in [2.05, 4.69) is 17.4 Å². The Bertz CT molecular complexity index is 645. The van der Waals surface area contributed by atoms with Gasteiger partial charge in [-0.3, -0.25) is 0 Å². The van der Waals surface area contributed by atoms with Crippen LogP contribution in [-0.2, 0) is 11.4 Å². The zero-order valence-electron chi connectivity index (χ0n) is 11.0. The molecule has 0 aromatic heterocycles. The first kappa shape index (κ1) is 13.6. The molecular formula is C16H13N2O2. The van der Waals surface area contributed by atoms with E-state index in [1.807, 2.05) is 36.4 Å². The topological polar surface area (TPSA) is 54.6 Å². The lowest BCUT2D eigenvalue weighted by molar-refractivity contribution is 0.132. The third-order valence-corrected chi connectivity index (χ3v) is 2.62. The van der Waals surface area contributed by atoms with Gasteiger partial charge < -0.3 is 9.57 Å². The molecule has 0 atom stereocenters. The average molecular weight is 265 g/mol. The van der Waals surface area contributed by atoms with Crippen LogP contribution in [0.4, 0.5) is 0 Å². The van der Waals surface area contributed by atoms with Crippen molar-refractivity contribution < 1.29 is 9.57 Å². The first-order valence-corrected chi connectivity index (χ1v) is 6.03. The van der Waals surface area contributed by atoms with Crippen molar-refractivity contribution >= 4 is 6.21 Å². The monoisotopic (exact) mass is 265 g/mol. The lowest BCUT2D eigenvalue weighted by Crippen LogP contribution is -1.92. The Hall–Kier alpha value is -2.80. The molecule has 0 aliphatic heterocycles. The van der Waals surface area contributed by atoms with Crippen molar-refractivity contribution in [3.8, 4) is 11.8 Å². The number of ether oxygens (including phenoxy) is 1. The number of nitrogens with zero attached hydrogens (tertiary/aromatic N) is 2. The van der Waals surface area contributed by atoms with Crippen molar-refractivity contribution in [1.29, 1.82) is 5.26 Å². The molecule has 0 amide bonds. The van der Waals surface area contributed by atoms with Crippen molar-refractivity contribution in [3.05, 3.63) is 65.2 Å². The maximum absolute atomic E-state index is 8.80. The van der Waals surface area contributed by atoms with Gasteiger partial charge in [0.25, 0.3) is 0 Å². The molecule has 1 radical (unpaired) electrons. The number of hydrogen-bond acceptors (Lipinski definition) is 4. The predicted molar refractivity (Wildman–Crippen MR) is 75.5 cm³/mol. The first-order valence-electron chi connectivity index (χ1n) is 6.03. The normalized spacial score (nSPS) is 10.2. The van der Waals surface area contributed by atoms with Crippen LogP contribution in [0.15, 0.2) is 53.7 Å². The van der Waals surface area contributed by atoms with E-state index in [0.717, 1.165) is 11.1 Å². The molecule has 4 heteroatoms. The van der Waals surface area contributed by atoms with Crippen LogP contribution in [0.1, 0.15) is 16.7 Å². The lowest BCUT2D eigenvalue weighted by Gasteiger charge is -2.02. The number of hydrogen-bond donors (Lipinski definition) is 0. The summed E-state index contributed by atoms with van der Waals surface area (Å²) in [4.78, 5) is 5.17. The molecule has 99 valence electrons. The smallest absolute Gasteiger partial charge is 0.143 e. The molecule has 0 saturated heterocycles. The maximum Gasteiger partial charge on any atom is 0.143 e. The molecule has 2 rings (SSSR count). The second kappa shape index (κ2) is 6.95. The highest BCUT2D eigenvalue weighted by Gasteiger charge is 1.99. The van der Waals surface area contributed by atoms with Gasteiger partial charge in [0.1, 0.15) is 18.6 Å². The highest BCUT2D eigenvalue weighted by Crippen LogP contribution is 2.14. The number of rotatable bonds is 5. The zero-order valence-corrected chi connectivity index (χ0v) is 11.0. The summed E-state index contributed by atoms with van der Waals surface area (Å²) in [5.74, 6) is 0.686. The third-order valence-electron chi connectivity index (χ3n) is 2.62. The molecule has 20 heavy (non-hydrogen) atoms. The maximum atomic E-state index is 8.80. The fraction of sp³-hybridized carbons (Fsp3) is 0.125. The van der Waals surface area contributed by atoms with Gasteiger partial charge in [0, 0.05) is 5.56 Å². The standard InChI is InChI=1S/C16H13N2O2/c1-19-16-8-3-2-7-15(16)11-18-20-12-14-6-4-5-13(9-14)10-17/h2-9H,12H2,1H3. The summed E-state index contributed by atoms with van der Waals surface area (Å²) in [6, 6.07) is 16.7. The fourth-order valence-electron chi connectivity index (χ4n) is 1.66. The van der Waals surface area contributed by atoms with Crippen LogP contribution >= 0.6 is 0 Å². The van der Waals surface area contributed by atoms with Crippen molar-refractivity contribution in [1.82, 2.24) is 0 Å². The summed E-state index contributed by atoms with van der Waals surface area (Å²) in [5.41, 5.74) is 2.21. The Morgan fingerprint density at radius 2 is 2.00 bits per heavy atom. The van der Waals surface area contributed by atoms with Gasteiger partial charge in [-0.1, -0.05) is 29.4 Å². The molecule has 2 aromatic carbocycles. The minimum absolute atomic E-state index is 0.289. The van der Waals surface area contributed by atoms with Crippen LogP contribution in [-0.4, -0.2) is 13.3 Å². The molecule has 0 aliphatic rings. The van der Waals surface area contributed by atoms with E-state index >= 15 is 0 Å². The van der Waals surface area contributed by atoms with Gasteiger partial charge >= 0.3 is 0 Å². The number of nitriles is 1. The molecule has 2 aromatic rings. The number of benzene rings is 2. The van der Waals surface area contributed by atoms with E-state index in [9.17, 15) is 0 Å². The van der Waals surface area contributed by atoms with Crippen molar-refractivity contribution in [3.63, 3.8) is 0 Å². The molecule has 0 saturated carbocycles. The van der Waals surface area contributed by atoms with E-state index in [1.54, 1.807) is 19.2 Å². The van der Waals surface area contributed by atoms with Gasteiger partial charge in [-0.25, -0.2) is 0 Å². The summed E-state index contributed by atoms with van der Waals surface area (Å²) in [5, 5.41) is 12.6. The molecule has 0 aliphatic carbocycles. The quantitative estimate of drug-likeness (QED) is 0.617. The molecule has 0 N–H and O–H groups in total. The highest BCUT2D eigenvalue weighted by molar-refractivity contribution is 5.82.